The van der Waals surface area contributed by atoms with E-state index in [-0.39, 0.29) is 11.9 Å². The van der Waals surface area contributed by atoms with Gasteiger partial charge in [-0.2, -0.15) is 0 Å². The van der Waals surface area contributed by atoms with Crippen molar-refractivity contribution in [3.8, 4) is 0 Å². The molecule has 20 heavy (non-hydrogen) atoms. The standard InChI is InChI=1S/C15H15ClN2OS/c1-8-3-4-20-15(8)9(2)17-13-5-10-6-14(19)18-12(10)7-11(13)16/h3-5,7,9,17H,6H2,1-2H3,(H,18,19). The van der Waals surface area contributed by atoms with Crippen molar-refractivity contribution in [2.75, 3.05) is 10.6 Å². The summed E-state index contributed by atoms with van der Waals surface area (Å²) in [6.07, 6.45) is 0.424. The molecule has 0 radical (unpaired) electrons. The molecule has 0 fully saturated rings. The van der Waals surface area contributed by atoms with Gasteiger partial charge in [-0.15, -0.1) is 11.3 Å². The van der Waals surface area contributed by atoms with Gasteiger partial charge >= 0.3 is 0 Å². The molecule has 1 aliphatic heterocycles. The molecular formula is C15H15ClN2OS. The van der Waals surface area contributed by atoms with E-state index < -0.39 is 0 Å². The summed E-state index contributed by atoms with van der Waals surface area (Å²) < 4.78 is 0. The van der Waals surface area contributed by atoms with Crippen molar-refractivity contribution in [3.05, 3.63) is 44.6 Å². The van der Waals surface area contributed by atoms with Crippen molar-refractivity contribution in [1.82, 2.24) is 0 Å². The SMILES string of the molecule is Cc1ccsc1C(C)Nc1cc2c(cc1Cl)NC(=O)C2. The van der Waals surface area contributed by atoms with Gasteiger partial charge in [0.15, 0.2) is 0 Å². The number of amides is 1. The van der Waals surface area contributed by atoms with E-state index in [2.05, 4.69) is 35.9 Å². The summed E-state index contributed by atoms with van der Waals surface area (Å²) in [4.78, 5) is 12.7. The molecule has 3 nitrogen and oxygen atoms in total. The molecule has 0 spiro atoms. The third-order valence-electron chi connectivity index (χ3n) is 3.48. The molecule has 1 atom stereocenters. The van der Waals surface area contributed by atoms with Gasteiger partial charge in [-0.1, -0.05) is 11.6 Å². The lowest BCUT2D eigenvalue weighted by Crippen LogP contribution is -2.06. The molecule has 2 N–H and O–H groups in total. The molecule has 1 aromatic heterocycles. The van der Waals surface area contributed by atoms with E-state index in [0.29, 0.717) is 11.4 Å². The number of anilines is 2. The Morgan fingerprint density at radius 2 is 2.25 bits per heavy atom. The third kappa shape index (κ3) is 2.41. The van der Waals surface area contributed by atoms with Crippen LogP contribution in [-0.2, 0) is 11.2 Å². The van der Waals surface area contributed by atoms with E-state index in [9.17, 15) is 4.79 Å². The van der Waals surface area contributed by atoms with Crippen molar-refractivity contribution in [1.29, 1.82) is 0 Å². The number of aryl methyl sites for hydroxylation is 1. The van der Waals surface area contributed by atoms with Gasteiger partial charge < -0.3 is 10.6 Å². The Morgan fingerprint density at radius 1 is 1.45 bits per heavy atom. The lowest BCUT2D eigenvalue weighted by molar-refractivity contribution is -0.115. The van der Waals surface area contributed by atoms with Crippen molar-refractivity contribution in [2.45, 2.75) is 26.3 Å². The number of carbonyl (C=O) groups excluding carboxylic acids is 1. The van der Waals surface area contributed by atoms with Crippen molar-refractivity contribution in [3.63, 3.8) is 0 Å². The van der Waals surface area contributed by atoms with Gasteiger partial charge in [0.2, 0.25) is 5.91 Å². The largest absolute Gasteiger partial charge is 0.376 e. The zero-order valence-electron chi connectivity index (χ0n) is 11.3. The first-order valence-electron chi connectivity index (χ1n) is 6.47. The first-order chi connectivity index (χ1) is 9.54. The highest BCUT2D eigenvalue weighted by molar-refractivity contribution is 7.10. The Hall–Kier alpha value is -1.52. The van der Waals surface area contributed by atoms with Gasteiger partial charge in [0.1, 0.15) is 0 Å². The quantitative estimate of drug-likeness (QED) is 0.883. The highest BCUT2D eigenvalue weighted by atomic mass is 35.5. The number of nitrogens with one attached hydrogen (secondary N) is 2. The molecule has 0 saturated heterocycles. The number of fused-ring (bicyclic) bond motifs is 1. The molecule has 0 bridgehead atoms. The number of rotatable bonds is 3. The number of thiophene rings is 1. The first-order valence-corrected chi connectivity index (χ1v) is 7.73. The highest BCUT2D eigenvalue weighted by Crippen LogP contribution is 2.35. The maximum absolute atomic E-state index is 11.4. The Labute approximate surface area is 127 Å². The van der Waals surface area contributed by atoms with E-state index in [0.717, 1.165) is 16.9 Å². The molecule has 3 rings (SSSR count). The van der Waals surface area contributed by atoms with Crippen LogP contribution in [0.5, 0.6) is 0 Å². The zero-order chi connectivity index (χ0) is 14.3. The topological polar surface area (TPSA) is 41.1 Å². The fourth-order valence-electron chi connectivity index (χ4n) is 2.49. The summed E-state index contributed by atoms with van der Waals surface area (Å²) in [5.74, 6) is 0.0235. The van der Waals surface area contributed by atoms with E-state index in [4.69, 9.17) is 11.6 Å². The Bertz CT molecular complexity index is 681. The minimum absolute atomic E-state index is 0.0235. The molecule has 2 aromatic rings. The van der Waals surface area contributed by atoms with E-state index in [1.165, 1.54) is 10.4 Å². The van der Waals surface area contributed by atoms with Crippen LogP contribution in [0.25, 0.3) is 0 Å². The maximum atomic E-state index is 11.4. The second-order valence-electron chi connectivity index (χ2n) is 5.05. The van der Waals surface area contributed by atoms with Crippen LogP contribution in [0.4, 0.5) is 11.4 Å². The summed E-state index contributed by atoms with van der Waals surface area (Å²) in [5.41, 5.74) is 3.98. The number of benzene rings is 1. The van der Waals surface area contributed by atoms with Crippen molar-refractivity contribution < 1.29 is 4.79 Å². The molecule has 1 amide bonds. The smallest absolute Gasteiger partial charge is 0.228 e. The summed E-state index contributed by atoms with van der Waals surface area (Å²) in [5, 5.41) is 8.97. The van der Waals surface area contributed by atoms with Crippen LogP contribution >= 0.6 is 22.9 Å². The Kier molecular flexibility index (Phi) is 3.44. The Balaban J connectivity index is 1.87. The van der Waals surface area contributed by atoms with Gasteiger partial charge in [0.05, 0.1) is 23.2 Å². The average Bonchev–Trinajstić information content (AvgIpc) is 2.94. The fourth-order valence-corrected chi connectivity index (χ4v) is 3.64. The van der Waals surface area contributed by atoms with Crippen LogP contribution in [0.1, 0.15) is 29.0 Å². The van der Waals surface area contributed by atoms with Gasteiger partial charge in [0.25, 0.3) is 0 Å². The molecule has 0 saturated carbocycles. The van der Waals surface area contributed by atoms with Gasteiger partial charge in [-0.05, 0) is 48.6 Å². The van der Waals surface area contributed by atoms with Crippen molar-refractivity contribution in [2.24, 2.45) is 0 Å². The predicted octanol–water partition coefficient (Wildman–Crippen LogP) is 4.38. The van der Waals surface area contributed by atoms with Crippen LogP contribution in [-0.4, -0.2) is 5.91 Å². The zero-order valence-corrected chi connectivity index (χ0v) is 12.9. The lowest BCUT2D eigenvalue weighted by Gasteiger charge is -2.17. The van der Waals surface area contributed by atoms with E-state index in [1.807, 2.05) is 12.1 Å². The summed E-state index contributed by atoms with van der Waals surface area (Å²) in [6.45, 7) is 4.22. The molecule has 5 heteroatoms. The Morgan fingerprint density at radius 3 is 2.95 bits per heavy atom. The van der Waals surface area contributed by atoms with Crippen LogP contribution in [0.15, 0.2) is 23.6 Å². The molecular weight excluding hydrogens is 292 g/mol. The monoisotopic (exact) mass is 306 g/mol. The van der Waals surface area contributed by atoms with Gasteiger partial charge in [-0.3, -0.25) is 4.79 Å². The number of hydrogen-bond acceptors (Lipinski definition) is 3. The molecule has 1 aliphatic rings. The molecule has 1 aromatic carbocycles. The van der Waals surface area contributed by atoms with Crippen LogP contribution in [0.2, 0.25) is 5.02 Å². The van der Waals surface area contributed by atoms with Crippen molar-refractivity contribution >= 4 is 40.2 Å². The van der Waals surface area contributed by atoms with E-state index in [1.54, 1.807) is 11.3 Å². The highest BCUT2D eigenvalue weighted by Gasteiger charge is 2.20. The van der Waals surface area contributed by atoms with Crippen LogP contribution in [0, 0.1) is 6.92 Å². The normalized spacial score (nSPS) is 14.8. The van der Waals surface area contributed by atoms with Gasteiger partial charge in [-0.25, -0.2) is 0 Å². The minimum Gasteiger partial charge on any atom is -0.376 e. The summed E-state index contributed by atoms with van der Waals surface area (Å²) in [7, 11) is 0. The lowest BCUT2D eigenvalue weighted by atomic mass is 10.1. The molecule has 1 unspecified atom stereocenters. The first kappa shape index (κ1) is 13.5. The van der Waals surface area contributed by atoms with Crippen LogP contribution in [0.3, 0.4) is 0 Å². The molecule has 0 aliphatic carbocycles. The number of halogens is 1. The van der Waals surface area contributed by atoms with Gasteiger partial charge in [0, 0.05) is 10.6 Å². The fraction of sp³-hybridized carbons (Fsp3) is 0.267. The summed E-state index contributed by atoms with van der Waals surface area (Å²) >= 11 is 8.03. The molecule has 2 heterocycles. The molecule has 104 valence electrons. The third-order valence-corrected chi connectivity index (χ3v) is 5.00. The van der Waals surface area contributed by atoms with E-state index >= 15 is 0 Å². The summed E-state index contributed by atoms with van der Waals surface area (Å²) in [6, 6.07) is 6.09. The second-order valence-corrected chi connectivity index (χ2v) is 6.40. The van der Waals surface area contributed by atoms with Crippen LogP contribution < -0.4 is 10.6 Å². The average molecular weight is 307 g/mol. The maximum Gasteiger partial charge on any atom is 0.228 e. The number of carbonyl (C=O) groups is 1. The second kappa shape index (κ2) is 5.11. The minimum atomic E-state index is 0.0235. The number of hydrogen-bond donors (Lipinski definition) is 2. The predicted molar refractivity (Wildman–Crippen MR) is 84.9 cm³/mol.